The lowest BCUT2D eigenvalue weighted by Gasteiger charge is -2.08. The summed E-state index contributed by atoms with van der Waals surface area (Å²) in [5.41, 5.74) is 1.84. The summed E-state index contributed by atoms with van der Waals surface area (Å²) in [6.45, 7) is 1.79. The molecule has 0 fully saturated rings. The zero-order valence-electron chi connectivity index (χ0n) is 15.6. The van der Waals surface area contributed by atoms with E-state index in [2.05, 4.69) is 15.5 Å². The van der Waals surface area contributed by atoms with Crippen LogP contribution >= 0.6 is 0 Å². The van der Waals surface area contributed by atoms with Crippen molar-refractivity contribution in [2.24, 2.45) is 10.2 Å². The second-order valence-corrected chi connectivity index (χ2v) is 7.68. The van der Waals surface area contributed by atoms with Crippen LogP contribution in [-0.4, -0.2) is 23.0 Å². The molecule has 0 saturated carbocycles. The van der Waals surface area contributed by atoms with Crippen molar-refractivity contribution < 1.29 is 23.0 Å². The predicted molar refractivity (Wildman–Crippen MR) is 110 cm³/mol. The van der Waals surface area contributed by atoms with Gasteiger partial charge in [0.2, 0.25) is 0 Å². The second kappa shape index (κ2) is 8.27. The minimum absolute atomic E-state index is 0.0933. The van der Waals surface area contributed by atoms with Crippen LogP contribution in [0.1, 0.15) is 5.56 Å². The smallest absolute Gasteiger partial charge is 0.294 e. The second-order valence-electron chi connectivity index (χ2n) is 6.25. The molecular weight excluding hydrogens is 412 g/mol. The topological polar surface area (TPSA) is 154 Å². The van der Waals surface area contributed by atoms with Crippen molar-refractivity contribution in [3.8, 4) is 5.75 Å². The van der Waals surface area contributed by atoms with Crippen molar-refractivity contribution in [2.45, 2.75) is 11.8 Å². The summed E-state index contributed by atoms with van der Waals surface area (Å²) in [4.78, 5) is 10.1. The van der Waals surface area contributed by atoms with E-state index in [4.69, 9.17) is 0 Å². The number of phenolic OH excluding ortho intramolecular Hbond substituents is 1. The van der Waals surface area contributed by atoms with Gasteiger partial charge in [-0.25, -0.2) is 0 Å². The molecule has 0 aliphatic heterocycles. The van der Waals surface area contributed by atoms with E-state index in [1.165, 1.54) is 6.07 Å². The average Bonchev–Trinajstić information content (AvgIpc) is 2.67. The lowest BCUT2D eigenvalue weighted by molar-refractivity contribution is -0.384. The number of benzene rings is 3. The molecule has 3 aromatic rings. The van der Waals surface area contributed by atoms with Gasteiger partial charge in [-0.15, -0.1) is 0 Å². The third kappa shape index (κ3) is 4.96. The number of rotatable bonds is 6. The first-order valence-corrected chi connectivity index (χ1v) is 9.92. The Morgan fingerprint density at radius 1 is 1.00 bits per heavy atom. The molecule has 0 aliphatic rings. The molecule has 0 bridgehead atoms. The number of azo groups is 1. The number of anilines is 2. The minimum Gasteiger partial charge on any atom is -0.508 e. The number of phenols is 1. The standard InChI is InChI=1S/C19H16N4O6S/c1-12-10-15(24)6-8-17(12)22-21-14-4-2-13(3-5-14)20-18-11-16(30(27,28)29)7-9-19(18)23(25)26/h2-11,20,24H,1H3,(H,27,28,29). The van der Waals surface area contributed by atoms with E-state index in [1.54, 1.807) is 43.3 Å². The van der Waals surface area contributed by atoms with Gasteiger partial charge >= 0.3 is 0 Å². The number of nitro benzene ring substituents is 1. The van der Waals surface area contributed by atoms with Gasteiger partial charge in [0, 0.05) is 11.8 Å². The normalized spacial score (nSPS) is 11.5. The minimum atomic E-state index is -4.51. The Labute approximate surface area is 171 Å². The molecule has 0 aliphatic carbocycles. The lowest BCUT2D eigenvalue weighted by Crippen LogP contribution is -2.02. The number of nitro groups is 1. The zero-order chi connectivity index (χ0) is 21.9. The first-order chi connectivity index (χ1) is 14.1. The highest BCUT2D eigenvalue weighted by Crippen LogP contribution is 2.31. The molecule has 0 saturated heterocycles. The molecule has 0 atom stereocenters. The Balaban J connectivity index is 1.83. The Morgan fingerprint density at radius 3 is 2.30 bits per heavy atom. The number of nitrogens with one attached hydrogen (secondary N) is 1. The van der Waals surface area contributed by atoms with Crippen LogP contribution in [0.15, 0.2) is 75.8 Å². The Kier molecular flexibility index (Phi) is 5.76. The quantitative estimate of drug-likeness (QED) is 0.216. The van der Waals surface area contributed by atoms with Crippen LogP contribution in [0.5, 0.6) is 5.75 Å². The Hall–Kier alpha value is -3.83. The molecule has 0 heterocycles. The molecule has 0 radical (unpaired) electrons. The fourth-order valence-electron chi connectivity index (χ4n) is 2.57. The SMILES string of the molecule is Cc1cc(O)ccc1N=Nc1ccc(Nc2cc(S(=O)(=O)O)ccc2[N+](=O)[O-])cc1. The first-order valence-electron chi connectivity index (χ1n) is 8.48. The van der Waals surface area contributed by atoms with Crippen LogP contribution in [0.2, 0.25) is 0 Å². The van der Waals surface area contributed by atoms with Crippen LogP contribution < -0.4 is 5.32 Å². The van der Waals surface area contributed by atoms with Crippen molar-refractivity contribution in [3.05, 3.63) is 76.3 Å². The molecule has 0 spiro atoms. The molecule has 3 aromatic carbocycles. The van der Waals surface area contributed by atoms with Crippen molar-refractivity contribution >= 4 is 38.6 Å². The zero-order valence-corrected chi connectivity index (χ0v) is 16.4. The van der Waals surface area contributed by atoms with Crippen LogP contribution in [0, 0.1) is 17.0 Å². The highest BCUT2D eigenvalue weighted by molar-refractivity contribution is 7.85. The molecule has 0 unspecified atom stereocenters. The van der Waals surface area contributed by atoms with E-state index in [-0.39, 0.29) is 17.1 Å². The van der Waals surface area contributed by atoms with Crippen molar-refractivity contribution in [1.82, 2.24) is 0 Å². The Morgan fingerprint density at radius 2 is 1.70 bits per heavy atom. The van der Waals surface area contributed by atoms with E-state index < -0.39 is 19.9 Å². The fourth-order valence-corrected chi connectivity index (χ4v) is 3.07. The molecule has 0 amide bonds. The average molecular weight is 428 g/mol. The van der Waals surface area contributed by atoms with Gasteiger partial charge in [-0.1, -0.05) is 0 Å². The van der Waals surface area contributed by atoms with Crippen molar-refractivity contribution in [2.75, 3.05) is 5.32 Å². The maximum Gasteiger partial charge on any atom is 0.294 e. The maximum atomic E-state index is 11.3. The molecule has 30 heavy (non-hydrogen) atoms. The molecule has 154 valence electrons. The van der Waals surface area contributed by atoms with Gasteiger partial charge in [0.25, 0.3) is 15.8 Å². The van der Waals surface area contributed by atoms with Crippen molar-refractivity contribution in [1.29, 1.82) is 0 Å². The van der Waals surface area contributed by atoms with Gasteiger partial charge in [0.05, 0.1) is 21.2 Å². The van der Waals surface area contributed by atoms with Gasteiger partial charge in [-0.2, -0.15) is 18.6 Å². The molecule has 10 nitrogen and oxygen atoms in total. The van der Waals surface area contributed by atoms with Gasteiger partial charge in [-0.3, -0.25) is 14.7 Å². The third-order valence-electron chi connectivity index (χ3n) is 4.06. The van der Waals surface area contributed by atoms with E-state index in [0.717, 1.165) is 23.8 Å². The van der Waals surface area contributed by atoms with Crippen LogP contribution in [0.25, 0.3) is 0 Å². The summed E-state index contributed by atoms with van der Waals surface area (Å²) in [7, 11) is -4.51. The van der Waals surface area contributed by atoms with E-state index >= 15 is 0 Å². The van der Waals surface area contributed by atoms with Crippen molar-refractivity contribution in [3.63, 3.8) is 0 Å². The summed E-state index contributed by atoms with van der Waals surface area (Å²) in [6, 6.07) is 14.0. The first kappa shape index (κ1) is 20.9. The van der Waals surface area contributed by atoms with E-state index in [0.29, 0.717) is 17.1 Å². The molecule has 3 rings (SSSR count). The summed E-state index contributed by atoms with van der Waals surface area (Å²) in [6.07, 6.45) is 0. The maximum absolute atomic E-state index is 11.3. The number of hydrogen-bond acceptors (Lipinski definition) is 8. The predicted octanol–water partition coefficient (Wildman–Crippen LogP) is 5.01. The fraction of sp³-hybridized carbons (Fsp3) is 0.0526. The van der Waals surface area contributed by atoms with Crippen LogP contribution in [0.4, 0.5) is 28.4 Å². The van der Waals surface area contributed by atoms with Crippen LogP contribution in [-0.2, 0) is 10.1 Å². The number of nitrogens with zero attached hydrogens (tertiary/aromatic N) is 3. The summed E-state index contributed by atoms with van der Waals surface area (Å²) < 4.78 is 31.8. The van der Waals surface area contributed by atoms with E-state index in [9.17, 15) is 28.2 Å². The number of aromatic hydroxyl groups is 1. The number of hydrogen-bond donors (Lipinski definition) is 3. The number of aryl methyl sites for hydroxylation is 1. The lowest BCUT2D eigenvalue weighted by atomic mass is 10.2. The van der Waals surface area contributed by atoms with Gasteiger partial charge in [0.1, 0.15) is 11.4 Å². The molecule has 3 N–H and O–H groups in total. The highest BCUT2D eigenvalue weighted by atomic mass is 32.2. The summed E-state index contributed by atoms with van der Waals surface area (Å²) in [5.74, 6) is 0.133. The highest BCUT2D eigenvalue weighted by Gasteiger charge is 2.19. The summed E-state index contributed by atoms with van der Waals surface area (Å²) >= 11 is 0. The summed E-state index contributed by atoms with van der Waals surface area (Å²) in [5, 5.41) is 31.6. The molecule has 0 aromatic heterocycles. The van der Waals surface area contributed by atoms with Gasteiger partial charge in [-0.05, 0) is 67.1 Å². The van der Waals surface area contributed by atoms with E-state index in [1.807, 2.05) is 0 Å². The Bertz CT molecular complexity index is 1240. The molecule has 11 heteroatoms. The monoisotopic (exact) mass is 428 g/mol. The van der Waals surface area contributed by atoms with Gasteiger partial charge < -0.3 is 10.4 Å². The largest absolute Gasteiger partial charge is 0.508 e. The molecular formula is C19H16N4O6S. The van der Waals surface area contributed by atoms with Gasteiger partial charge in [0.15, 0.2) is 0 Å². The third-order valence-corrected chi connectivity index (χ3v) is 4.91. The van der Waals surface area contributed by atoms with Crippen LogP contribution in [0.3, 0.4) is 0 Å².